The summed E-state index contributed by atoms with van der Waals surface area (Å²) in [5.74, 6) is -0.558. The molecule has 0 bridgehead atoms. The number of sulfonamides is 1. The largest absolute Gasteiger partial charge is 0.352 e. The van der Waals surface area contributed by atoms with E-state index in [2.05, 4.69) is 10.3 Å². The van der Waals surface area contributed by atoms with E-state index < -0.39 is 10.0 Å². The number of aromatic nitrogens is 1. The van der Waals surface area contributed by atoms with Crippen LogP contribution in [0.25, 0.3) is 10.6 Å². The molecule has 3 aromatic rings. The van der Waals surface area contributed by atoms with Gasteiger partial charge in [0.25, 0.3) is 0 Å². The van der Waals surface area contributed by atoms with E-state index in [0.717, 1.165) is 5.56 Å². The fourth-order valence-corrected chi connectivity index (χ4v) is 3.70. The van der Waals surface area contributed by atoms with Crippen molar-refractivity contribution in [3.8, 4) is 10.6 Å². The zero-order valence-electron chi connectivity index (χ0n) is 14.1. The zero-order valence-corrected chi connectivity index (χ0v) is 15.7. The van der Waals surface area contributed by atoms with Crippen molar-refractivity contribution in [3.05, 3.63) is 71.0 Å². The van der Waals surface area contributed by atoms with Crippen LogP contribution in [0.15, 0.2) is 58.8 Å². The Bertz CT molecular complexity index is 1060. The molecule has 0 spiro atoms. The van der Waals surface area contributed by atoms with Gasteiger partial charge in [0.2, 0.25) is 15.9 Å². The van der Waals surface area contributed by atoms with Crippen LogP contribution >= 0.6 is 11.3 Å². The SMILES string of the molecule is NS(=O)(=O)c1ccc(CNC(=O)Cc2csc(-c3cccc(F)c3)n2)cc1. The number of hydrogen-bond donors (Lipinski definition) is 2. The molecule has 6 nitrogen and oxygen atoms in total. The van der Waals surface area contributed by atoms with Gasteiger partial charge < -0.3 is 5.32 Å². The normalized spacial score (nSPS) is 11.3. The minimum Gasteiger partial charge on any atom is -0.352 e. The standard InChI is InChI=1S/C18H16FN3O3S2/c19-14-3-1-2-13(8-14)18-22-15(11-26-18)9-17(23)21-10-12-4-6-16(7-5-12)27(20,24)25/h1-8,11H,9-10H2,(H,21,23)(H2,20,24,25). The van der Waals surface area contributed by atoms with E-state index in [0.29, 0.717) is 16.3 Å². The summed E-state index contributed by atoms with van der Waals surface area (Å²) in [7, 11) is -3.73. The van der Waals surface area contributed by atoms with Crippen LogP contribution in [-0.2, 0) is 27.8 Å². The molecule has 0 fully saturated rings. The topological polar surface area (TPSA) is 102 Å². The van der Waals surface area contributed by atoms with Crippen LogP contribution < -0.4 is 10.5 Å². The average Bonchev–Trinajstić information content (AvgIpc) is 3.08. The van der Waals surface area contributed by atoms with E-state index in [1.54, 1.807) is 29.6 Å². The van der Waals surface area contributed by atoms with Gasteiger partial charge in [0.15, 0.2) is 0 Å². The van der Waals surface area contributed by atoms with Crippen molar-refractivity contribution < 1.29 is 17.6 Å². The molecule has 0 saturated carbocycles. The molecule has 0 aliphatic rings. The number of nitrogens with one attached hydrogen (secondary N) is 1. The molecule has 9 heteroatoms. The molecule has 0 aliphatic carbocycles. The van der Waals surface area contributed by atoms with Gasteiger partial charge in [0, 0.05) is 17.5 Å². The van der Waals surface area contributed by atoms with Gasteiger partial charge in [-0.2, -0.15) is 0 Å². The highest BCUT2D eigenvalue weighted by Crippen LogP contribution is 2.24. The number of primary sulfonamides is 1. The molecule has 0 aliphatic heterocycles. The maximum Gasteiger partial charge on any atom is 0.238 e. The Kier molecular flexibility index (Phi) is 5.64. The third kappa shape index (κ3) is 5.19. The Hall–Kier alpha value is -2.62. The fourth-order valence-electron chi connectivity index (χ4n) is 2.37. The summed E-state index contributed by atoms with van der Waals surface area (Å²) in [4.78, 5) is 16.5. The lowest BCUT2D eigenvalue weighted by Gasteiger charge is -2.05. The number of halogens is 1. The Morgan fingerprint density at radius 3 is 2.59 bits per heavy atom. The van der Waals surface area contributed by atoms with Gasteiger partial charge in [-0.1, -0.05) is 24.3 Å². The van der Waals surface area contributed by atoms with Crippen molar-refractivity contribution in [2.24, 2.45) is 5.14 Å². The molecule has 1 amide bonds. The van der Waals surface area contributed by atoms with E-state index in [-0.39, 0.29) is 29.6 Å². The van der Waals surface area contributed by atoms with Gasteiger partial charge in [0.05, 0.1) is 17.0 Å². The maximum atomic E-state index is 13.3. The first-order chi connectivity index (χ1) is 12.8. The van der Waals surface area contributed by atoms with Gasteiger partial charge in [-0.15, -0.1) is 11.3 Å². The number of carbonyl (C=O) groups excluding carboxylic acids is 1. The molecule has 3 rings (SSSR count). The molecule has 1 heterocycles. The Morgan fingerprint density at radius 2 is 1.93 bits per heavy atom. The molecule has 0 atom stereocenters. The van der Waals surface area contributed by atoms with Crippen LogP contribution in [0.1, 0.15) is 11.3 Å². The van der Waals surface area contributed by atoms with Crippen molar-refractivity contribution >= 4 is 27.3 Å². The summed E-state index contributed by atoms with van der Waals surface area (Å²) in [6.45, 7) is 0.255. The summed E-state index contributed by atoms with van der Waals surface area (Å²) < 4.78 is 35.7. The van der Waals surface area contributed by atoms with Crippen molar-refractivity contribution in [1.82, 2.24) is 10.3 Å². The van der Waals surface area contributed by atoms with Gasteiger partial charge in [-0.3, -0.25) is 4.79 Å². The first-order valence-corrected chi connectivity index (χ1v) is 10.3. The van der Waals surface area contributed by atoms with Crippen LogP contribution in [-0.4, -0.2) is 19.3 Å². The number of nitrogens with two attached hydrogens (primary N) is 1. The third-order valence-electron chi connectivity index (χ3n) is 3.71. The minimum absolute atomic E-state index is 0.0185. The fraction of sp³-hybridized carbons (Fsp3) is 0.111. The number of amides is 1. The van der Waals surface area contributed by atoms with Crippen LogP contribution in [0, 0.1) is 5.82 Å². The van der Waals surface area contributed by atoms with Crippen molar-refractivity contribution in [2.75, 3.05) is 0 Å². The Morgan fingerprint density at radius 1 is 1.19 bits per heavy atom. The third-order valence-corrected chi connectivity index (χ3v) is 5.58. The summed E-state index contributed by atoms with van der Waals surface area (Å²) in [5, 5.41) is 10.2. The molecule has 2 aromatic carbocycles. The molecule has 0 radical (unpaired) electrons. The van der Waals surface area contributed by atoms with Crippen LogP contribution in [0.4, 0.5) is 4.39 Å². The molecule has 0 unspecified atom stereocenters. The van der Waals surface area contributed by atoms with E-state index >= 15 is 0 Å². The summed E-state index contributed by atoms with van der Waals surface area (Å²) in [6.07, 6.45) is 0.0983. The highest BCUT2D eigenvalue weighted by molar-refractivity contribution is 7.89. The number of hydrogen-bond acceptors (Lipinski definition) is 5. The van der Waals surface area contributed by atoms with E-state index in [9.17, 15) is 17.6 Å². The monoisotopic (exact) mass is 405 g/mol. The molecular formula is C18H16FN3O3S2. The Labute approximate surface area is 159 Å². The zero-order chi connectivity index (χ0) is 19.4. The molecule has 1 aromatic heterocycles. The minimum atomic E-state index is -3.73. The lowest BCUT2D eigenvalue weighted by molar-refractivity contribution is -0.120. The quantitative estimate of drug-likeness (QED) is 0.658. The number of rotatable bonds is 6. The summed E-state index contributed by atoms with van der Waals surface area (Å²) >= 11 is 1.35. The number of benzene rings is 2. The van der Waals surface area contributed by atoms with Crippen LogP contribution in [0.5, 0.6) is 0 Å². The molecule has 3 N–H and O–H groups in total. The van der Waals surface area contributed by atoms with Crippen molar-refractivity contribution in [2.45, 2.75) is 17.9 Å². The number of nitrogens with zero attached hydrogens (tertiary/aromatic N) is 1. The highest BCUT2D eigenvalue weighted by Gasteiger charge is 2.10. The predicted octanol–water partition coefficient (Wildman–Crippen LogP) is 2.46. The summed E-state index contributed by atoms with van der Waals surface area (Å²) in [5.41, 5.74) is 2.01. The van der Waals surface area contributed by atoms with E-state index in [1.165, 1.54) is 35.6 Å². The number of carbonyl (C=O) groups is 1. The molecule has 27 heavy (non-hydrogen) atoms. The lowest BCUT2D eigenvalue weighted by atomic mass is 10.2. The van der Waals surface area contributed by atoms with Gasteiger partial charge in [-0.05, 0) is 29.8 Å². The van der Waals surface area contributed by atoms with E-state index in [4.69, 9.17) is 5.14 Å². The van der Waals surface area contributed by atoms with Crippen LogP contribution in [0.2, 0.25) is 0 Å². The second-order valence-electron chi connectivity index (χ2n) is 5.80. The van der Waals surface area contributed by atoms with Crippen LogP contribution in [0.3, 0.4) is 0 Å². The predicted molar refractivity (Wildman–Crippen MR) is 101 cm³/mol. The van der Waals surface area contributed by atoms with E-state index in [1.807, 2.05) is 0 Å². The second kappa shape index (κ2) is 7.95. The van der Waals surface area contributed by atoms with Gasteiger partial charge in [0.1, 0.15) is 10.8 Å². The molecular weight excluding hydrogens is 389 g/mol. The van der Waals surface area contributed by atoms with Crippen molar-refractivity contribution in [1.29, 1.82) is 0 Å². The second-order valence-corrected chi connectivity index (χ2v) is 8.22. The van der Waals surface area contributed by atoms with Gasteiger partial charge in [-0.25, -0.2) is 22.9 Å². The van der Waals surface area contributed by atoms with Crippen molar-refractivity contribution in [3.63, 3.8) is 0 Å². The molecule has 140 valence electrons. The summed E-state index contributed by atoms with van der Waals surface area (Å²) in [6, 6.07) is 12.1. The first-order valence-electron chi connectivity index (χ1n) is 7.90. The smallest absolute Gasteiger partial charge is 0.238 e. The first kappa shape index (κ1) is 19.2. The maximum absolute atomic E-state index is 13.3. The Balaban J connectivity index is 1.57. The van der Waals surface area contributed by atoms with Gasteiger partial charge >= 0.3 is 0 Å². The highest BCUT2D eigenvalue weighted by atomic mass is 32.2. The number of thiazole rings is 1. The lowest BCUT2D eigenvalue weighted by Crippen LogP contribution is -2.24. The average molecular weight is 405 g/mol. The molecule has 0 saturated heterocycles.